The third kappa shape index (κ3) is 4.77. The average molecular weight is 335 g/mol. The van der Waals surface area contributed by atoms with E-state index in [1.54, 1.807) is 6.07 Å². The summed E-state index contributed by atoms with van der Waals surface area (Å²) in [5, 5.41) is 12.2. The largest absolute Gasteiger partial charge is 0.396 e. The summed E-state index contributed by atoms with van der Waals surface area (Å²) in [6, 6.07) is 4.60. The first-order valence-corrected chi connectivity index (χ1v) is 8.93. The van der Waals surface area contributed by atoms with Gasteiger partial charge in [-0.3, -0.25) is 4.79 Å². The Morgan fingerprint density at radius 3 is 2.54 bits per heavy atom. The lowest BCUT2D eigenvalue weighted by molar-refractivity contribution is 0.0912. The van der Waals surface area contributed by atoms with Crippen molar-refractivity contribution in [2.45, 2.75) is 51.2 Å². The molecule has 2 aliphatic carbocycles. The zero-order valence-corrected chi connectivity index (χ0v) is 14.0. The third-order valence-electron chi connectivity index (χ3n) is 5.06. The van der Waals surface area contributed by atoms with Gasteiger partial charge in [-0.1, -0.05) is 0 Å². The first kappa shape index (κ1) is 17.4. The van der Waals surface area contributed by atoms with Gasteiger partial charge >= 0.3 is 0 Å². The number of aliphatic hydroxyl groups is 1. The van der Waals surface area contributed by atoms with E-state index >= 15 is 0 Å². The molecule has 24 heavy (non-hydrogen) atoms. The van der Waals surface area contributed by atoms with E-state index in [2.05, 4.69) is 5.32 Å². The van der Waals surface area contributed by atoms with E-state index in [0.29, 0.717) is 29.6 Å². The molecule has 0 unspecified atom stereocenters. The maximum atomic E-state index is 13.9. The highest BCUT2D eigenvalue weighted by Crippen LogP contribution is 2.29. The number of ether oxygens (including phenoxy) is 1. The first-order valence-electron chi connectivity index (χ1n) is 8.93. The first-order chi connectivity index (χ1) is 11.7. The van der Waals surface area contributed by atoms with Crippen LogP contribution in [0.3, 0.4) is 0 Å². The smallest absolute Gasteiger partial charge is 0.251 e. The van der Waals surface area contributed by atoms with Gasteiger partial charge in [0.15, 0.2) is 0 Å². The summed E-state index contributed by atoms with van der Waals surface area (Å²) in [6.07, 6.45) is 6.04. The van der Waals surface area contributed by atoms with Crippen LogP contribution in [0.1, 0.15) is 54.4 Å². The van der Waals surface area contributed by atoms with Gasteiger partial charge in [0.05, 0.1) is 6.61 Å². The molecule has 0 spiro atoms. The van der Waals surface area contributed by atoms with Gasteiger partial charge in [-0.25, -0.2) is 4.39 Å². The number of benzene rings is 1. The molecular formula is C19H26FNO3. The van der Waals surface area contributed by atoms with Crippen LogP contribution in [-0.2, 0) is 11.3 Å². The standard InChI is InChI=1S/C19H26FNO3/c20-18-8-5-15(9-16(18)12-24-11-14-1-2-14)19(23)21-17-6-3-13(10-22)4-7-17/h5,8-9,13-14,17,22H,1-4,6-7,10-12H2,(H,21,23). The number of aliphatic hydroxyl groups excluding tert-OH is 1. The van der Waals surface area contributed by atoms with E-state index in [1.807, 2.05) is 0 Å². The van der Waals surface area contributed by atoms with E-state index < -0.39 is 0 Å². The normalized spacial score (nSPS) is 23.9. The zero-order chi connectivity index (χ0) is 16.9. The fraction of sp³-hybridized carbons (Fsp3) is 0.632. The predicted molar refractivity (Wildman–Crippen MR) is 89.1 cm³/mol. The molecule has 1 aromatic carbocycles. The van der Waals surface area contributed by atoms with Crippen molar-refractivity contribution in [1.29, 1.82) is 0 Å². The molecule has 0 atom stereocenters. The number of hydrogen-bond donors (Lipinski definition) is 2. The van der Waals surface area contributed by atoms with Crippen molar-refractivity contribution in [3.63, 3.8) is 0 Å². The van der Waals surface area contributed by atoms with Crippen LogP contribution in [0, 0.1) is 17.7 Å². The molecule has 5 heteroatoms. The van der Waals surface area contributed by atoms with Crippen molar-refractivity contribution < 1.29 is 19.0 Å². The Morgan fingerprint density at radius 2 is 1.88 bits per heavy atom. The average Bonchev–Trinajstić information content (AvgIpc) is 3.41. The predicted octanol–water partition coefficient (Wildman–Crippen LogP) is 3.03. The molecule has 1 aromatic rings. The highest BCUT2D eigenvalue weighted by molar-refractivity contribution is 5.94. The molecule has 0 heterocycles. The minimum atomic E-state index is -0.328. The number of nitrogens with one attached hydrogen (secondary N) is 1. The topological polar surface area (TPSA) is 58.6 Å². The van der Waals surface area contributed by atoms with E-state index in [9.17, 15) is 9.18 Å². The van der Waals surface area contributed by atoms with Gasteiger partial charge in [-0.2, -0.15) is 0 Å². The quantitative estimate of drug-likeness (QED) is 0.805. The van der Waals surface area contributed by atoms with E-state index in [-0.39, 0.29) is 31.0 Å². The zero-order valence-electron chi connectivity index (χ0n) is 14.0. The highest BCUT2D eigenvalue weighted by Gasteiger charge is 2.23. The molecule has 0 bridgehead atoms. The summed E-state index contributed by atoms with van der Waals surface area (Å²) >= 11 is 0. The molecule has 2 saturated carbocycles. The van der Waals surface area contributed by atoms with Gasteiger partial charge in [0.2, 0.25) is 0 Å². The summed E-state index contributed by atoms with van der Waals surface area (Å²) in [5.41, 5.74) is 0.915. The molecule has 0 aliphatic heterocycles. The molecule has 2 fully saturated rings. The second-order valence-corrected chi connectivity index (χ2v) is 7.14. The second-order valence-electron chi connectivity index (χ2n) is 7.14. The lowest BCUT2D eigenvalue weighted by atomic mass is 9.86. The lowest BCUT2D eigenvalue weighted by Gasteiger charge is -2.28. The van der Waals surface area contributed by atoms with Gasteiger partial charge in [-0.15, -0.1) is 0 Å². The molecule has 132 valence electrons. The number of carbonyl (C=O) groups is 1. The van der Waals surface area contributed by atoms with Gasteiger partial charge < -0.3 is 15.2 Å². The maximum Gasteiger partial charge on any atom is 0.251 e. The summed E-state index contributed by atoms with van der Waals surface area (Å²) in [7, 11) is 0. The van der Waals surface area contributed by atoms with Crippen LogP contribution in [0.15, 0.2) is 18.2 Å². The van der Waals surface area contributed by atoms with Gasteiger partial charge in [0.25, 0.3) is 5.91 Å². The van der Waals surface area contributed by atoms with E-state index in [1.165, 1.54) is 25.0 Å². The number of amides is 1. The Balaban J connectivity index is 1.53. The molecular weight excluding hydrogens is 309 g/mol. The van der Waals surface area contributed by atoms with Crippen molar-refractivity contribution in [2.24, 2.45) is 11.8 Å². The van der Waals surface area contributed by atoms with E-state index in [0.717, 1.165) is 25.7 Å². The van der Waals surface area contributed by atoms with Crippen molar-refractivity contribution in [3.05, 3.63) is 35.1 Å². The Labute approximate surface area is 142 Å². The Hall–Kier alpha value is -1.46. The van der Waals surface area contributed by atoms with Gasteiger partial charge in [0.1, 0.15) is 5.82 Å². The fourth-order valence-corrected chi connectivity index (χ4v) is 3.20. The van der Waals surface area contributed by atoms with Crippen molar-refractivity contribution in [1.82, 2.24) is 5.32 Å². The van der Waals surface area contributed by atoms with Gasteiger partial charge in [-0.05, 0) is 68.6 Å². The van der Waals surface area contributed by atoms with Crippen LogP contribution in [-0.4, -0.2) is 30.3 Å². The third-order valence-corrected chi connectivity index (χ3v) is 5.06. The molecule has 4 nitrogen and oxygen atoms in total. The number of carbonyl (C=O) groups excluding carboxylic acids is 1. The lowest BCUT2D eigenvalue weighted by Crippen LogP contribution is -2.38. The summed E-state index contributed by atoms with van der Waals surface area (Å²) in [4.78, 5) is 12.4. The monoisotopic (exact) mass is 335 g/mol. The number of hydrogen-bond acceptors (Lipinski definition) is 3. The van der Waals surface area contributed by atoms with Crippen molar-refractivity contribution in [3.8, 4) is 0 Å². The summed E-state index contributed by atoms with van der Waals surface area (Å²) < 4.78 is 19.4. The Kier molecular flexibility index (Phi) is 5.85. The number of halogens is 1. The molecule has 0 radical (unpaired) electrons. The van der Waals surface area contributed by atoms with Crippen LogP contribution in [0.4, 0.5) is 4.39 Å². The Morgan fingerprint density at radius 1 is 1.17 bits per heavy atom. The van der Waals surface area contributed by atoms with Crippen molar-refractivity contribution in [2.75, 3.05) is 13.2 Å². The summed E-state index contributed by atoms with van der Waals surface area (Å²) in [5.74, 6) is 0.504. The Bertz CT molecular complexity index is 566. The molecule has 1 amide bonds. The fourth-order valence-electron chi connectivity index (χ4n) is 3.20. The van der Waals surface area contributed by atoms with Crippen LogP contribution in [0.5, 0.6) is 0 Å². The molecule has 2 aliphatic rings. The maximum absolute atomic E-state index is 13.9. The molecule has 2 N–H and O–H groups in total. The van der Waals surface area contributed by atoms with Crippen LogP contribution in [0.2, 0.25) is 0 Å². The van der Waals surface area contributed by atoms with Crippen LogP contribution < -0.4 is 5.32 Å². The SMILES string of the molecule is O=C(NC1CCC(CO)CC1)c1ccc(F)c(COCC2CC2)c1. The van der Waals surface area contributed by atoms with Crippen LogP contribution >= 0.6 is 0 Å². The van der Waals surface area contributed by atoms with Gasteiger partial charge in [0, 0.05) is 30.4 Å². The van der Waals surface area contributed by atoms with E-state index in [4.69, 9.17) is 9.84 Å². The second kappa shape index (κ2) is 8.08. The molecule has 3 rings (SSSR count). The molecule has 0 saturated heterocycles. The molecule has 0 aromatic heterocycles. The minimum absolute atomic E-state index is 0.139. The highest BCUT2D eigenvalue weighted by atomic mass is 19.1. The van der Waals surface area contributed by atoms with Crippen molar-refractivity contribution >= 4 is 5.91 Å². The minimum Gasteiger partial charge on any atom is -0.396 e. The van der Waals surface area contributed by atoms with Crippen LogP contribution in [0.25, 0.3) is 0 Å². The number of rotatable bonds is 7. The summed E-state index contributed by atoms with van der Waals surface area (Å²) in [6.45, 7) is 1.11.